The molecule has 0 radical (unpaired) electrons. The summed E-state index contributed by atoms with van der Waals surface area (Å²) >= 11 is 0. The molecule has 0 aliphatic carbocycles. The van der Waals surface area contributed by atoms with Gasteiger partial charge in [0.2, 0.25) is 0 Å². The van der Waals surface area contributed by atoms with Crippen LogP contribution >= 0.6 is 0 Å². The summed E-state index contributed by atoms with van der Waals surface area (Å²) in [6, 6.07) is 3.84. The number of aryl methyl sites for hydroxylation is 1. The van der Waals surface area contributed by atoms with Crippen molar-refractivity contribution in [1.82, 2.24) is 19.4 Å². The van der Waals surface area contributed by atoms with Crippen molar-refractivity contribution in [2.24, 2.45) is 29.6 Å². The van der Waals surface area contributed by atoms with Gasteiger partial charge in [0, 0.05) is 69.7 Å². The Balaban J connectivity index is 1.46. The highest BCUT2D eigenvalue weighted by atomic mass is 16.7. The largest absolute Gasteiger partial charge is 0.458 e. The number of unbranched alkanes of at least 4 members (excludes halogenated alkanes) is 1. The number of aliphatic hydroxyl groups excluding tert-OH is 1. The van der Waals surface area contributed by atoms with Crippen LogP contribution in [0.2, 0.25) is 0 Å². The van der Waals surface area contributed by atoms with E-state index in [9.17, 15) is 19.5 Å². The number of amides is 1. The van der Waals surface area contributed by atoms with E-state index in [0.29, 0.717) is 32.4 Å². The molecule has 0 unspecified atom stereocenters. The third kappa shape index (κ3) is 8.85. The van der Waals surface area contributed by atoms with Crippen molar-refractivity contribution < 1.29 is 47.9 Å². The minimum Gasteiger partial charge on any atom is -0.458 e. The number of esters is 1. The molecule has 0 saturated carbocycles. The first-order chi connectivity index (χ1) is 27.7. The summed E-state index contributed by atoms with van der Waals surface area (Å²) in [5.74, 6) is -3.03. The van der Waals surface area contributed by atoms with Crippen molar-refractivity contribution in [2.45, 2.75) is 168 Å². The van der Waals surface area contributed by atoms with E-state index >= 15 is 0 Å². The number of ketones is 1. The van der Waals surface area contributed by atoms with Crippen molar-refractivity contribution >= 4 is 17.8 Å². The Bertz CT molecular complexity index is 1760. The lowest BCUT2D eigenvalue weighted by Gasteiger charge is -2.50. The molecule has 5 rings (SSSR count). The Morgan fingerprint density at radius 3 is 2.25 bits per heavy atom. The number of imidazole rings is 1. The number of fused-ring (bicyclic) bond motifs is 1. The molecule has 3 saturated heterocycles. The summed E-state index contributed by atoms with van der Waals surface area (Å²) in [5.41, 5.74) is -2.58. The topological polar surface area (TPSA) is 161 Å². The number of hydrogen-bond acceptors (Lipinski definition) is 12. The number of pyridine rings is 1. The number of hydrogen-bond donors (Lipinski definition) is 1. The van der Waals surface area contributed by atoms with Crippen LogP contribution in [0.25, 0.3) is 11.3 Å². The Morgan fingerprint density at radius 1 is 0.949 bits per heavy atom. The maximum absolute atomic E-state index is 14.8. The van der Waals surface area contributed by atoms with Crippen molar-refractivity contribution in [3.05, 3.63) is 37.1 Å². The Kier molecular flexibility index (Phi) is 14.4. The van der Waals surface area contributed by atoms with Crippen LogP contribution in [0.3, 0.4) is 0 Å². The lowest BCUT2D eigenvalue weighted by Crippen LogP contribution is -2.66. The van der Waals surface area contributed by atoms with Crippen LogP contribution < -0.4 is 0 Å². The van der Waals surface area contributed by atoms with Crippen molar-refractivity contribution in [3.8, 4) is 11.3 Å². The van der Waals surface area contributed by atoms with E-state index in [1.165, 1.54) is 0 Å². The molecule has 3 aliphatic rings. The van der Waals surface area contributed by atoms with Gasteiger partial charge < -0.3 is 38.1 Å². The highest BCUT2D eigenvalue weighted by molar-refractivity contribution is 5.86. The minimum absolute atomic E-state index is 0.0343. The smallest absolute Gasteiger partial charge is 0.411 e. The van der Waals surface area contributed by atoms with Gasteiger partial charge in [-0.3, -0.25) is 19.5 Å². The first-order valence-electron chi connectivity index (χ1n) is 21.5. The maximum atomic E-state index is 14.8. The number of rotatable bonds is 11. The predicted molar refractivity (Wildman–Crippen MR) is 221 cm³/mol. The fourth-order valence-electron chi connectivity index (χ4n) is 10.0. The summed E-state index contributed by atoms with van der Waals surface area (Å²) < 4.78 is 39.9. The van der Waals surface area contributed by atoms with Gasteiger partial charge in [0.05, 0.1) is 46.9 Å². The zero-order valence-corrected chi connectivity index (χ0v) is 37.6. The number of ether oxygens (including phenoxy) is 6. The highest BCUT2D eigenvalue weighted by Gasteiger charge is 2.67. The number of cyclic esters (lactones) is 1. The zero-order valence-electron chi connectivity index (χ0n) is 37.6. The zero-order chi connectivity index (χ0) is 43.7. The van der Waals surface area contributed by atoms with Gasteiger partial charge in [0.15, 0.2) is 11.9 Å². The molecular formula is C45H70N4O10. The molecule has 1 amide bonds. The second-order valence-corrected chi connectivity index (χ2v) is 18.3. The van der Waals surface area contributed by atoms with Gasteiger partial charge in [-0.2, -0.15) is 0 Å². The van der Waals surface area contributed by atoms with E-state index in [1.807, 2.05) is 71.4 Å². The normalized spacial score (nSPS) is 40.0. The molecule has 0 spiro atoms. The van der Waals surface area contributed by atoms with E-state index in [4.69, 9.17) is 28.4 Å². The molecular weight excluding hydrogens is 757 g/mol. The molecule has 5 heterocycles. The van der Waals surface area contributed by atoms with E-state index in [2.05, 4.69) is 16.9 Å². The summed E-state index contributed by atoms with van der Waals surface area (Å²) in [7, 11) is 3.20. The van der Waals surface area contributed by atoms with Crippen LogP contribution in [0.1, 0.15) is 108 Å². The molecule has 330 valence electrons. The number of aliphatic hydroxyl groups is 1. The van der Waals surface area contributed by atoms with Crippen molar-refractivity contribution in [3.63, 3.8) is 0 Å². The van der Waals surface area contributed by atoms with Crippen LogP contribution in [0.4, 0.5) is 4.79 Å². The van der Waals surface area contributed by atoms with Crippen LogP contribution in [-0.4, -0.2) is 116 Å². The summed E-state index contributed by atoms with van der Waals surface area (Å²) in [6.07, 6.45) is 5.14. The standard InChI is InChI=1S/C45H70N4O10/c1-14-35-45(11)44(10,49(41(53)59-45)21-16-15-20-48-25-34(47-26-48)33-18-17-19-46-24-33)31(6)37(50)27(2)22-42(8,54-12)30(5)28(3)38(29(4)40(52)57-35)58-36-23-43(9,55-13)39(51)32(7)56-36/h17-19,24-32,35-36,38-39,51H,14-16,20-23H2,1-13H3/t27-,28-,29-,30-,31+,32+,35-,36+,38+,39+,42-,43-,44-,45-/m1/s1. The minimum atomic E-state index is -1.39. The molecule has 14 heteroatoms. The van der Waals surface area contributed by atoms with Gasteiger partial charge in [-0.05, 0) is 91.2 Å². The number of aromatic nitrogens is 3. The van der Waals surface area contributed by atoms with Gasteiger partial charge in [-0.15, -0.1) is 0 Å². The fourth-order valence-corrected chi connectivity index (χ4v) is 10.0. The second-order valence-electron chi connectivity index (χ2n) is 18.3. The number of Topliss-reactive ketones (excluding diaryl/α,β-unsaturated/α-hetero) is 1. The van der Waals surface area contributed by atoms with Crippen LogP contribution in [0, 0.1) is 29.6 Å². The molecule has 2 aromatic heterocycles. The van der Waals surface area contributed by atoms with Gasteiger partial charge in [-0.1, -0.05) is 34.6 Å². The quantitative estimate of drug-likeness (QED) is 0.186. The lowest BCUT2D eigenvalue weighted by molar-refractivity contribution is -0.298. The van der Waals surface area contributed by atoms with Crippen LogP contribution in [-0.2, 0) is 44.6 Å². The molecule has 14 atom stereocenters. The van der Waals surface area contributed by atoms with E-state index in [-0.39, 0.29) is 24.0 Å². The SMILES string of the molecule is CC[C@H]1OC(=O)[C@H](C)[C@@H](O[C@H]2C[C@@](C)(OC)[C@@H](O)[C@H](C)O2)[C@H](C)[C@@H](C)[C@](C)(OC)C[C@@H](C)C(=O)[C@H](C)[C@@]2(C)N(CCCCn3cnc(-c4cccnc4)c3)C(=O)O[C@]12C. The summed E-state index contributed by atoms with van der Waals surface area (Å²) in [5, 5.41) is 10.9. The predicted octanol–water partition coefficient (Wildman–Crippen LogP) is 6.86. The first kappa shape index (κ1) is 46.6. The number of methoxy groups -OCH3 is 2. The van der Waals surface area contributed by atoms with Crippen molar-refractivity contribution in [1.29, 1.82) is 0 Å². The molecule has 3 fully saturated rings. The highest BCUT2D eigenvalue weighted by Crippen LogP contribution is 2.50. The Labute approximate surface area is 351 Å². The Morgan fingerprint density at radius 2 is 1.63 bits per heavy atom. The number of nitrogens with zero attached hydrogens (tertiary/aromatic N) is 4. The molecule has 14 nitrogen and oxygen atoms in total. The maximum Gasteiger partial charge on any atom is 0.411 e. The van der Waals surface area contributed by atoms with Gasteiger partial charge in [0.1, 0.15) is 18.0 Å². The summed E-state index contributed by atoms with van der Waals surface area (Å²) in [4.78, 5) is 53.9. The van der Waals surface area contributed by atoms with Gasteiger partial charge >= 0.3 is 12.1 Å². The monoisotopic (exact) mass is 827 g/mol. The third-order valence-electron chi connectivity index (χ3n) is 14.8. The van der Waals surface area contributed by atoms with E-state index < -0.39 is 82.9 Å². The second kappa shape index (κ2) is 18.3. The number of carbonyl (C=O) groups is 3. The molecule has 1 N–H and O–H groups in total. The van der Waals surface area contributed by atoms with Crippen molar-refractivity contribution in [2.75, 3.05) is 20.8 Å². The average molecular weight is 827 g/mol. The Hall–Kier alpha value is -3.43. The molecule has 0 aromatic carbocycles. The third-order valence-corrected chi connectivity index (χ3v) is 14.8. The average Bonchev–Trinajstić information content (AvgIpc) is 3.77. The molecule has 2 aromatic rings. The lowest BCUT2D eigenvalue weighted by atomic mass is 9.65. The summed E-state index contributed by atoms with van der Waals surface area (Å²) in [6.45, 7) is 21.9. The molecule has 0 bridgehead atoms. The van der Waals surface area contributed by atoms with E-state index in [1.54, 1.807) is 58.6 Å². The molecule has 3 aliphatic heterocycles. The fraction of sp³-hybridized carbons (Fsp3) is 0.756. The van der Waals surface area contributed by atoms with Crippen LogP contribution in [0.5, 0.6) is 0 Å². The number of carbonyl (C=O) groups excluding carboxylic acids is 3. The first-order valence-corrected chi connectivity index (χ1v) is 21.5. The van der Waals surface area contributed by atoms with Gasteiger partial charge in [0.25, 0.3) is 0 Å². The van der Waals surface area contributed by atoms with E-state index in [0.717, 1.165) is 17.7 Å². The van der Waals surface area contributed by atoms with Gasteiger partial charge in [-0.25, -0.2) is 9.78 Å². The van der Waals surface area contributed by atoms with Crippen LogP contribution in [0.15, 0.2) is 37.1 Å². The molecule has 59 heavy (non-hydrogen) atoms.